The van der Waals surface area contributed by atoms with Gasteiger partial charge in [-0.05, 0) is 56.1 Å². The molecule has 2 aliphatic rings. The number of rotatable bonds is 5. The van der Waals surface area contributed by atoms with Crippen molar-refractivity contribution in [1.82, 2.24) is 29.5 Å². The van der Waals surface area contributed by atoms with Crippen molar-refractivity contribution in [2.24, 2.45) is 7.05 Å². The zero-order valence-electron chi connectivity index (χ0n) is 22.7. The molecule has 2 N–H and O–H groups in total. The minimum atomic E-state index is -0.418. The molecule has 5 heterocycles. The maximum atomic E-state index is 13.9. The van der Waals surface area contributed by atoms with Crippen LogP contribution < -0.4 is 21.0 Å². The van der Waals surface area contributed by atoms with Gasteiger partial charge in [-0.15, -0.1) is 0 Å². The van der Waals surface area contributed by atoms with E-state index >= 15 is 0 Å². The van der Waals surface area contributed by atoms with E-state index in [2.05, 4.69) is 21.6 Å². The van der Waals surface area contributed by atoms with Crippen LogP contribution in [0.2, 0.25) is 0 Å². The molecule has 0 saturated carbocycles. The van der Waals surface area contributed by atoms with Crippen molar-refractivity contribution in [3.8, 4) is 6.07 Å². The summed E-state index contributed by atoms with van der Waals surface area (Å²) in [5.74, 6) is 0.325. The average Bonchev–Trinajstić information content (AvgIpc) is 3.59. The Morgan fingerprint density at radius 2 is 1.95 bits per heavy atom. The molecular weight excluding hydrogens is 508 g/mol. The Bertz CT molecular complexity index is 1750. The monoisotopic (exact) mass is 540 g/mol. The van der Waals surface area contributed by atoms with Crippen molar-refractivity contribution in [1.29, 1.82) is 5.26 Å². The van der Waals surface area contributed by atoms with E-state index in [1.165, 1.54) is 0 Å². The van der Waals surface area contributed by atoms with Gasteiger partial charge in [0.25, 0.3) is 5.91 Å². The van der Waals surface area contributed by atoms with Gasteiger partial charge in [-0.2, -0.15) is 5.26 Å². The highest BCUT2D eigenvalue weighted by atomic mass is 16.2. The number of hydrogen-bond acceptors (Lipinski definition) is 7. The number of anilines is 1. The number of pyridine rings is 2. The summed E-state index contributed by atoms with van der Waals surface area (Å²) < 4.78 is 3.65. The van der Waals surface area contributed by atoms with E-state index in [1.54, 1.807) is 31.2 Å². The molecule has 2 fully saturated rings. The Balaban J connectivity index is 1.49. The Morgan fingerprint density at radius 3 is 2.65 bits per heavy atom. The zero-order chi connectivity index (χ0) is 28.0. The smallest absolute Gasteiger partial charge is 0.259 e. The molecule has 4 aromatic rings. The molecule has 11 heteroatoms. The number of benzene rings is 1. The highest BCUT2D eigenvalue weighted by Gasteiger charge is 2.26. The normalized spacial score (nSPS) is 17.6. The van der Waals surface area contributed by atoms with Crippen LogP contribution in [0.1, 0.15) is 42.1 Å². The Hall–Kier alpha value is -4.43. The van der Waals surface area contributed by atoms with Crippen molar-refractivity contribution in [3.05, 3.63) is 51.7 Å². The first-order valence-corrected chi connectivity index (χ1v) is 13.8. The number of fused-ring (bicyclic) bond motifs is 5. The molecule has 2 saturated heterocycles. The molecule has 206 valence electrons. The van der Waals surface area contributed by atoms with Crippen LogP contribution >= 0.6 is 0 Å². The summed E-state index contributed by atoms with van der Waals surface area (Å²) in [6.07, 6.45) is 3.01. The molecule has 0 spiro atoms. The summed E-state index contributed by atoms with van der Waals surface area (Å²) in [5, 5.41) is 16.3. The second kappa shape index (κ2) is 10.3. The van der Waals surface area contributed by atoms with Gasteiger partial charge in [0.05, 0.1) is 28.1 Å². The Labute approximate surface area is 231 Å². The highest BCUT2D eigenvalue weighted by molar-refractivity contribution is 6.06. The van der Waals surface area contributed by atoms with Crippen molar-refractivity contribution >= 4 is 45.3 Å². The van der Waals surface area contributed by atoms with Gasteiger partial charge >= 0.3 is 0 Å². The number of imidazole rings is 1. The molecule has 0 radical (unpaired) electrons. The maximum Gasteiger partial charge on any atom is 0.259 e. The Kier molecular flexibility index (Phi) is 6.64. The highest BCUT2D eigenvalue weighted by Crippen LogP contribution is 2.28. The van der Waals surface area contributed by atoms with Crippen molar-refractivity contribution < 1.29 is 9.59 Å². The fourth-order valence-electron chi connectivity index (χ4n) is 6.03. The number of carbonyl (C=O) groups is 2. The number of nitriles is 1. The number of nitrogens with zero attached hydrogens (tertiary/aromatic N) is 6. The first kappa shape index (κ1) is 25.8. The molecule has 3 aromatic heterocycles. The molecule has 2 amide bonds. The topological polar surface area (TPSA) is 128 Å². The lowest BCUT2D eigenvalue weighted by atomic mass is 10.1. The number of nitrogens with one attached hydrogen (secondary N) is 2. The van der Waals surface area contributed by atoms with Gasteiger partial charge in [0.2, 0.25) is 11.3 Å². The van der Waals surface area contributed by atoms with E-state index in [1.807, 2.05) is 27.0 Å². The molecule has 0 bridgehead atoms. The van der Waals surface area contributed by atoms with E-state index in [9.17, 15) is 19.6 Å². The van der Waals surface area contributed by atoms with Gasteiger partial charge in [0.1, 0.15) is 17.0 Å². The summed E-state index contributed by atoms with van der Waals surface area (Å²) in [6, 6.07) is 11.4. The van der Waals surface area contributed by atoms with Crippen LogP contribution in [0.3, 0.4) is 0 Å². The summed E-state index contributed by atoms with van der Waals surface area (Å²) in [4.78, 5) is 48.1. The van der Waals surface area contributed by atoms with Crippen molar-refractivity contribution in [2.75, 3.05) is 44.2 Å². The quantitative estimate of drug-likeness (QED) is 0.395. The summed E-state index contributed by atoms with van der Waals surface area (Å²) >= 11 is 0. The van der Waals surface area contributed by atoms with E-state index in [-0.39, 0.29) is 16.9 Å². The van der Waals surface area contributed by atoms with Crippen LogP contribution in [0.15, 0.2) is 35.1 Å². The van der Waals surface area contributed by atoms with Gasteiger partial charge in [0.15, 0.2) is 5.65 Å². The van der Waals surface area contributed by atoms with Crippen molar-refractivity contribution in [3.63, 3.8) is 0 Å². The summed E-state index contributed by atoms with van der Waals surface area (Å²) in [7, 11) is 1.82. The zero-order valence-corrected chi connectivity index (χ0v) is 22.7. The molecule has 2 aliphatic heterocycles. The number of carbonyl (C=O) groups excluding carboxylic acids is 2. The largest absolute Gasteiger partial charge is 0.353 e. The fourth-order valence-corrected chi connectivity index (χ4v) is 6.03. The molecule has 0 aliphatic carbocycles. The van der Waals surface area contributed by atoms with Crippen LogP contribution in [0, 0.1) is 11.3 Å². The van der Waals surface area contributed by atoms with Gasteiger partial charge in [-0.3, -0.25) is 18.8 Å². The third-order valence-corrected chi connectivity index (χ3v) is 8.22. The van der Waals surface area contributed by atoms with Crippen LogP contribution in [-0.2, 0) is 11.8 Å². The molecule has 1 aromatic carbocycles. The third-order valence-electron chi connectivity index (χ3n) is 8.22. The lowest BCUT2D eigenvalue weighted by Crippen LogP contribution is -2.48. The van der Waals surface area contributed by atoms with Gasteiger partial charge in [-0.1, -0.05) is 0 Å². The number of aryl methyl sites for hydroxylation is 1. The first-order chi connectivity index (χ1) is 19.4. The average molecular weight is 541 g/mol. The minimum Gasteiger partial charge on any atom is -0.353 e. The van der Waals surface area contributed by atoms with Crippen LogP contribution in [0.4, 0.5) is 5.82 Å². The van der Waals surface area contributed by atoms with Gasteiger partial charge in [0, 0.05) is 52.7 Å². The molecular formula is C29H32N8O3. The Morgan fingerprint density at radius 1 is 1.15 bits per heavy atom. The summed E-state index contributed by atoms with van der Waals surface area (Å²) in [6.45, 7) is 5.47. The lowest BCUT2D eigenvalue weighted by molar-refractivity contribution is -0.129. The van der Waals surface area contributed by atoms with Crippen LogP contribution in [-0.4, -0.2) is 76.0 Å². The minimum absolute atomic E-state index is 0.0498. The van der Waals surface area contributed by atoms with E-state index in [0.717, 1.165) is 31.3 Å². The number of hydrogen-bond donors (Lipinski definition) is 2. The van der Waals surface area contributed by atoms with Gasteiger partial charge in [-0.25, -0.2) is 4.98 Å². The van der Waals surface area contributed by atoms with Gasteiger partial charge < -0.3 is 25.0 Å². The maximum absolute atomic E-state index is 13.9. The number of piperazine rings is 1. The standard InChI is InChI=1S/C29H32N8O3/c1-18(38)35-12-14-36(15-13-35)24-8-6-21-26(39)25(28(40)32-11-9-20-4-3-10-31-20)29-34(2)22-7-5-19(17-30)16-23(22)37(29)27(21)33-24/h5-8,16,20,31H,3-4,9-15H2,1-2H3,(H,32,40). The summed E-state index contributed by atoms with van der Waals surface area (Å²) in [5.41, 5.74) is 2.49. The second-order valence-electron chi connectivity index (χ2n) is 10.6. The van der Waals surface area contributed by atoms with E-state index in [0.29, 0.717) is 72.3 Å². The fraction of sp³-hybridized carbons (Fsp3) is 0.414. The predicted octanol–water partition coefficient (Wildman–Crippen LogP) is 1.75. The first-order valence-electron chi connectivity index (χ1n) is 13.8. The molecule has 1 unspecified atom stereocenters. The predicted molar refractivity (Wildman–Crippen MR) is 153 cm³/mol. The van der Waals surface area contributed by atoms with Crippen LogP contribution in [0.25, 0.3) is 27.7 Å². The van der Waals surface area contributed by atoms with E-state index in [4.69, 9.17) is 4.98 Å². The second-order valence-corrected chi connectivity index (χ2v) is 10.6. The van der Waals surface area contributed by atoms with Crippen molar-refractivity contribution in [2.45, 2.75) is 32.2 Å². The van der Waals surface area contributed by atoms with Crippen LogP contribution in [0.5, 0.6) is 0 Å². The third kappa shape index (κ3) is 4.34. The number of aromatic nitrogens is 3. The van der Waals surface area contributed by atoms with E-state index < -0.39 is 5.91 Å². The molecule has 40 heavy (non-hydrogen) atoms. The SMILES string of the molecule is CC(=O)N1CCN(c2ccc3c(=O)c(C(=O)NCCC4CCCN4)c4n(C)c5ccc(C#N)cc5n4c3n2)CC1. The molecule has 6 rings (SSSR count). The molecule has 11 nitrogen and oxygen atoms in total. The number of amides is 2. The molecule has 1 atom stereocenters. The lowest BCUT2D eigenvalue weighted by Gasteiger charge is -2.35.